The number of esters is 1. The van der Waals surface area contributed by atoms with Crippen LogP contribution in [-0.4, -0.2) is 28.0 Å². The summed E-state index contributed by atoms with van der Waals surface area (Å²) in [5, 5.41) is 12.2. The predicted molar refractivity (Wildman–Crippen MR) is 125 cm³/mol. The van der Waals surface area contributed by atoms with Gasteiger partial charge in [-0.05, 0) is 49.0 Å². The van der Waals surface area contributed by atoms with Crippen LogP contribution in [0.25, 0.3) is 0 Å². The first-order valence-corrected chi connectivity index (χ1v) is 11.2. The van der Waals surface area contributed by atoms with E-state index in [0.717, 1.165) is 36.8 Å². The van der Waals surface area contributed by atoms with Crippen LogP contribution in [0, 0.1) is 0 Å². The minimum absolute atomic E-state index is 0.325. The zero-order chi connectivity index (χ0) is 21.1. The van der Waals surface area contributed by atoms with Crippen molar-refractivity contribution >= 4 is 57.1 Å². The van der Waals surface area contributed by atoms with Gasteiger partial charge in [-0.3, -0.25) is 4.68 Å². The van der Waals surface area contributed by atoms with Crippen LogP contribution in [0.3, 0.4) is 0 Å². The Morgan fingerprint density at radius 1 is 1.27 bits per heavy atom. The molecule has 156 valence electrons. The molecule has 0 saturated carbocycles. The average molecular weight is 461 g/mol. The SMILES string of the molecule is COC(=O)c1c(NC(=S)Nc2nn(Cc3ccccc3)cc2Cl)sc2c1CCCC2. The number of aryl methyl sites for hydroxylation is 1. The van der Waals surface area contributed by atoms with Crippen LogP contribution >= 0.6 is 35.2 Å². The number of nitrogens with one attached hydrogen (secondary N) is 2. The zero-order valence-corrected chi connectivity index (χ0v) is 18.8. The van der Waals surface area contributed by atoms with Crippen molar-refractivity contribution in [3.05, 3.63) is 63.1 Å². The predicted octanol–water partition coefficient (Wildman–Crippen LogP) is 5.12. The number of halogens is 1. The largest absolute Gasteiger partial charge is 0.465 e. The van der Waals surface area contributed by atoms with Gasteiger partial charge in [0.2, 0.25) is 0 Å². The molecule has 0 unspecified atom stereocenters. The van der Waals surface area contributed by atoms with Crippen molar-refractivity contribution in [3.8, 4) is 0 Å². The maximum Gasteiger partial charge on any atom is 0.341 e. The van der Waals surface area contributed by atoms with E-state index >= 15 is 0 Å². The molecule has 1 aromatic carbocycles. The molecule has 1 aliphatic rings. The number of thiophene rings is 1. The molecule has 0 saturated heterocycles. The van der Waals surface area contributed by atoms with Crippen molar-refractivity contribution in [2.45, 2.75) is 32.2 Å². The topological polar surface area (TPSA) is 68.2 Å². The van der Waals surface area contributed by atoms with Crippen LogP contribution in [0.15, 0.2) is 36.5 Å². The van der Waals surface area contributed by atoms with Crippen molar-refractivity contribution in [2.75, 3.05) is 17.7 Å². The number of nitrogens with zero attached hydrogens (tertiary/aromatic N) is 2. The molecule has 0 fully saturated rings. The Kier molecular flexibility index (Phi) is 6.36. The molecule has 2 heterocycles. The Morgan fingerprint density at radius 2 is 2.03 bits per heavy atom. The molecular formula is C21H21ClN4O2S2. The van der Waals surface area contributed by atoms with Crippen molar-refractivity contribution in [2.24, 2.45) is 0 Å². The Bertz CT molecular complexity index is 1080. The summed E-state index contributed by atoms with van der Waals surface area (Å²) in [6, 6.07) is 10.0. The molecule has 2 N–H and O–H groups in total. The standard InChI is InChI=1S/C21H21ClN4O2S2/c1-28-20(27)17-14-9-5-6-10-16(14)30-19(17)24-21(29)23-18-15(22)12-26(25-18)11-13-7-3-2-4-8-13/h2-4,7-8,12H,5-6,9-11H2,1H3,(H2,23,24,25,29). The Morgan fingerprint density at radius 3 is 2.80 bits per heavy atom. The molecule has 2 aromatic heterocycles. The van der Waals surface area contributed by atoms with E-state index in [9.17, 15) is 4.79 Å². The van der Waals surface area contributed by atoms with Gasteiger partial charge >= 0.3 is 5.97 Å². The molecule has 0 radical (unpaired) electrons. The number of carbonyl (C=O) groups excluding carboxylic acids is 1. The molecule has 0 aliphatic heterocycles. The highest BCUT2D eigenvalue weighted by atomic mass is 35.5. The highest BCUT2D eigenvalue weighted by Gasteiger charge is 2.26. The summed E-state index contributed by atoms with van der Waals surface area (Å²) >= 11 is 13.4. The number of fused-ring (bicyclic) bond motifs is 1. The first-order valence-electron chi connectivity index (χ1n) is 9.63. The van der Waals surface area contributed by atoms with Gasteiger partial charge < -0.3 is 15.4 Å². The number of thiocarbonyl (C=S) groups is 1. The van der Waals surface area contributed by atoms with Gasteiger partial charge in [-0.25, -0.2) is 4.79 Å². The molecule has 3 aromatic rings. The van der Waals surface area contributed by atoms with E-state index in [1.54, 1.807) is 22.2 Å². The molecule has 1 aliphatic carbocycles. The lowest BCUT2D eigenvalue weighted by atomic mass is 9.95. The summed E-state index contributed by atoms with van der Waals surface area (Å²) < 4.78 is 6.76. The fourth-order valence-corrected chi connectivity index (χ4v) is 5.29. The van der Waals surface area contributed by atoms with E-state index in [2.05, 4.69) is 15.7 Å². The third-order valence-electron chi connectivity index (χ3n) is 4.92. The lowest BCUT2D eigenvalue weighted by Gasteiger charge is -2.12. The van der Waals surface area contributed by atoms with Crippen LogP contribution < -0.4 is 10.6 Å². The average Bonchev–Trinajstić information content (AvgIpc) is 3.27. The summed E-state index contributed by atoms with van der Waals surface area (Å²) in [7, 11) is 1.40. The van der Waals surface area contributed by atoms with Crippen molar-refractivity contribution < 1.29 is 9.53 Å². The van der Waals surface area contributed by atoms with E-state index in [0.29, 0.717) is 33.1 Å². The van der Waals surface area contributed by atoms with Gasteiger partial charge in [-0.1, -0.05) is 41.9 Å². The Labute approximate surface area is 189 Å². The number of methoxy groups -OCH3 is 1. The fourth-order valence-electron chi connectivity index (χ4n) is 3.55. The van der Waals surface area contributed by atoms with Gasteiger partial charge in [0.1, 0.15) is 10.0 Å². The Hall–Kier alpha value is -2.42. The second-order valence-electron chi connectivity index (χ2n) is 6.99. The van der Waals surface area contributed by atoms with Gasteiger partial charge in [0.25, 0.3) is 0 Å². The van der Waals surface area contributed by atoms with Gasteiger partial charge in [0, 0.05) is 11.1 Å². The second kappa shape index (κ2) is 9.16. The Balaban J connectivity index is 1.49. The lowest BCUT2D eigenvalue weighted by Crippen LogP contribution is -2.21. The molecule has 4 rings (SSSR count). The van der Waals surface area contributed by atoms with Gasteiger partial charge in [-0.15, -0.1) is 11.3 Å². The van der Waals surface area contributed by atoms with E-state index in [1.807, 2.05) is 30.3 Å². The molecule has 0 bridgehead atoms. The third-order valence-corrected chi connectivity index (χ3v) is 6.61. The van der Waals surface area contributed by atoms with E-state index < -0.39 is 0 Å². The number of anilines is 2. The van der Waals surface area contributed by atoms with Crippen LogP contribution in [0.4, 0.5) is 10.8 Å². The summed E-state index contributed by atoms with van der Waals surface area (Å²) in [6.07, 6.45) is 5.81. The van der Waals surface area contributed by atoms with Crippen LogP contribution in [0.2, 0.25) is 5.02 Å². The smallest absolute Gasteiger partial charge is 0.341 e. The summed E-state index contributed by atoms with van der Waals surface area (Å²) in [6.45, 7) is 0.604. The van der Waals surface area contributed by atoms with Crippen LogP contribution in [0.1, 0.15) is 39.2 Å². The van der Waals surface area contributed by atoms with Gasteiger partial charge in [-0.2, -0.15) is 5.10 Å². The molecule has 0 amide bonds. The minimum atomic E-state index is -0.343. The van der Waals surface area contributed by atoms with Crippen molar-refractivity contribution in [1.82, 2.24) is 9.78 Å². The molecular weight excluding hydrogens is 440 g/mol. The van der Waals surface area contributed by atoms with E-state index in [4.69, 9.17) is 28.6 Å². The molecule has 30 heavy (non-hydrogen) atoms. The first-order chi connectivity index (χ1) is 14.5. The highest BCUT2D eigenvalue weighted by molar-refractivity contribution is 7.80. The van der Waals surface area contributed by atoms with Crippen LogP contribution in [0.5, 0.6) is 0 Å². The van der Waals surface area contributed by atoms with Crippen molar-refractivity contribution in [1.29, 1.82) is 0 Å². The lowest BCUT2D eigenvalue weighted by molar-refractivity contribution is 0.0601. The number of benzene rings is 1. The maximum absolute atomic E-state index is 12.4. The monoisotopic (exact) mass is 460 g/mol. The first kappa shape index (κ1) is 20.8. The minimum Gasteiger partial charge on any atom is -0.465 e. The van der Waals surface area contributed by atoms with Gasteiger partial charge in [0.05, 0.1) is 19.2 Å². The molecule has 0 atom stereocenters. The summed E-state index contributed by atoms with van der Waals surface area (Å²) in [5.41, 5.74) is 2.78. The van der Waals surface area contributed by atoms with E-state index in [-0.39, 0.29) is 5.97 Å². The van der Waals surface area contributed by atoms with Gasteiger partial charge in [0.15, 0.2) is 10.9 Å². The van der Waals surface area contributed by atoms with Crippen LogP contribution in [-0.2, 0) is 24.1 Å². The summed E-state index contributed by atoms with van der Waals surface area (Å²) in [4.78, 5) is 13.6. The van der Waals surface area contributed by atoms with E-state index in [1.165, 1.54) is 12.0 Å². The number of rotatable bonds is 5. The molecule has 9 heteroatoms. The maximum atomic E-state index is 12.4. The molecule has 0 spiro atoms. The number of ether oxygens (including phenoxy) is 1. The zero-order valence-electron chi connectivity index (χ0n) is 16.4. The third kappa shape index (κ3) is 4.50. The summed E-state index contributed by atoms with van der Waals surface area (Å²) in [5.74, 6) is 0.121. The quantitative estimate of drug-likeness (QED) is 0.407. The fraction of sp³-hybridized carbons (Fsp3) is 0.286. The number of carbonyl (C=O) groups is 1. The highest BCUT2D eigenvalue weighted by Crippen LogP contribution is 2.38. The number of hydrogen-bond acceptors (Lipinski definition) is 5. The number of hydrogen-bond donors (Lipinski definition) is 2. The second-order valence-corrected chi connectivity index (χ2v) is 8.92. The molecule has 6 nitrogen and oxygen atoms in total. The number of aromatic nitrogens is 2. The van der Waals surface area contributed by atoms with Crippen molar-refractivity contribution in [3.63, 3.8) is 0 Å². The normalized spacial score (nSPS) is 12.9.